The molecule has 2 saturated heterocycles. The monoisotopic (exact) mass is 648 g/mol. The van der Waals surface area contributed by atoms with E-state index in [4.69, 9.17) is 22.1 Å². The highest BCUT2D eigenvalue weighted by Crippen LogP contribution is 2.36. The minimum absolute atomic E-state index is 0.155. The van der Waals surface area contributed by atoms with Crippen LogP contribution in [0.1, 0.15) is 25.0 Å². The lowest BCUT2D eigenvalue weighted by Crippen LogP contribution is -2.48. The number of aromatic nitrogens is 2. The van der Waals surface area contributed by atoms with Crippen molar-refractivity contribution in [3.05, 3.63) is 107 Å². The van der Waals surface area contributed by atoms with E-state index in [0.29, 0.717) is 26.0 Å². The van der Waals surface area contributed by atoms with E-state index in [1.807, 2.05) is 50.4 Å². The lowest BCUT2D eigenvalue weighted by atomic mass is 10.1. The Balaban J connectivity index is 1.37. The van der Waals surface area contributed by atoms with Crippen LogP contribution in [0.25, 0.3) is 23.0 Å². The molecule has 2 aliphatic heterocycles. The quantitative estimate of drug-likeness (QED) is 0.183. The van der Waals surface area contributed by atoms with Crippen molar-refractivity contribution in [2.45, 2.75) is 37.5 Å². The summed E-state index contributed by atoms with van der Waals surface area (Å²) in [5, 5.41) is 4.83. The number of halogens is 1. The largest absolute Gasteiger partial charge is 0.373 e. The Morgan fingerprint density at radius 1 is 1.02 bits per heavy atom. The van der Waals surface area contributed by atoms with Gasteiger partial charge in [-0.2, -0.15) is 9.40 Å². The lowest BCUT2D eigenvalue weighted by Gasteiger charge is -2.34. The molecule has 3 aromatic carbocycles. The number of para-hydroxylation sites is 1. The molecule has 2 fully saturated rings. The molecule has 44 heavy (non-hydrogen) atoms. The Hall–Kier alpha value is -3.68. The smallest absolute Gasteiger partial charge is 0.266 e. The number of rotatable bonds is 7. The molecule has 0 spiro atoms. The molecule has 4 aromatic rings. The van der Waals surface area contributed by atoms with E-state index in [1.165, 1.54) is 33.1 Å². The van der Waals surface area contributed by atoms with Crippen molar-refractivity contribution < 1.29 is 22.3 Å². The van der Waals surface area contributed by atoms with Crippen LogP contribution in [0.15, 0.2) is 94.9 Å². The van der Waals surface area contributed by atoms with Gasteiger partial charge in [0.25, 0.3) is 5.91 Å². The van der Waals surface area contributed by atoms with Gasteiger partial charge in [-0.05, 0) is 61.9 Å². The highest BCUT2D eigenvalue weighted by Gasteiger charge is 2.34. The molecule has 226 valence electrons. The third-order valence-electron chi connectivity index (χ3n) is 7.31. The van der Waals surface area contributed by atoms with Crippen molar-refractivity contribution in [2.75, 3.05) is 13.1 Å². The lowest BCUT2D eigenvalue weighted by molar-refractivity contribution is -0.122. The highest BCUT2D eigenvalue weighted by molar-refractivity contribution is 8.26. The number of thiocarbonyl (C=S) groups is 1. The zero-order valence-electron chi connectivity index (χ0n) is 24.0. The van der Waals surface area contributed by atoms with Crippen LogP contribution in [0.2, 0.25) is 0 Å². The molecule has 0 bridgehead atoms. The Kier molecular flexibility index (Phi) is 8.53. The molecule has 0 saturated carbocycles. The van der Waals surface area contributed by atoms with E-state index in [-0.39, 0.29) is 48.5 Å². The third-order valence-corrected chi connectivity index (χ3v) is 10.5. The van der Waals surface area contributed by atoms with Crippen LogP contribution in [0.3, 0.4) is 0 Å². The molecule has 0 N–H and O–H groups in total. The maximum absolute atomic E-state index is 13.7. The standard InChI is InChI=1S/C32H29FN4O4S3/c1-21-17-35(18-22(2)41-21)44(39,40)28-10-6-7-24(15-28)30-25(20-37(34-30)27-8-4-3-5-9-27)16-29-31(38)36(32(42)43-29)19-23-11-13-26(33)14-12-23/h3-16,20-22H,17-19H2,1-2H3/b29-16-. The summed E-state index contributed by atoms with van der Waals surface area (Å²) in [5.74, 6) is -0.623. The number of benzene rings is 3. The summed E-state index contributed by atoms with van der Waals surface area (Å²) in [7, 11) is -3.80. The number of ether oxygens (including phenoxy) is 1. The number of thioether (sulfide) groups is 1. The van der Waals surface area contributed by atoms with Gasteiger partial charge in [-0.15, -0.1) is 0 Å². The summed E-state index contributed by atoms with van der Waals surface area (Å²) in [6.45, 7) is 4.48. The Morgan fingerprint density at radius 2 is 1.73 bits per heavy atom. The van der Waals surface area contributed by atoms with E-state index in [2.05, 4.69) is 0 Å². The van der Waals surface area contributed by atoms with Gasteiger partial charge in [-0.25, -0.2) is 17.5 Å². The fraction of sp³-hybridized carbons (Fsp3) is 0.219. The average molecular weight is 649 g/mol. The second-order valence-electron chi connectivity index (χ2n) is 10.7. The number of amides is 1. The maximum Gasteiger partial charge on any atom is 0.266 e. The van der Waals surface area contributed by atoms with Crippen LogP contribution in [-0.4, -0.2) is 62.9 Å². The molecule has 1 aromatic heterocycles. The van der Waals surface area contributed by atoms with Crippen molar-refractivity contribution in [1.29, 1.82) is 0 Å². The van der Waals surface area contributed by atoms with Crippen molar-refractivity contribution >= 4 is 50.3 Å². The molecular formula is C32H29FN4O4S3. The van der Waals surface area contributed by atoms with E-state index in [0.717, 1.165) is 11.3 Å². The first-order valence-corrected chi connectivity index (χ1v) is 16.7. The van der Waals surface area contributed by atoms with Gasteiger partial charge in [-0.1, -0.05) is 66.4 Å². The summed E-state index contributed by atoms with van der Waals surface area (Å²) in [6, 6.07) is 22.2. The molecule has 8 nitrogen and oxygen atoms in total. The highest BCUT2D eigenvalue weighted by atomic mass is 32.2. The molecule has 0 aliphatic carbocycles. The Labute approximate surface area is 265 Å². The predicted octanol–water partition coefficient (Wildman–Crippen LogP) is 5.88. The fourth-order valence-corrected chi connectivity index (χ4v) is 8.14. The maximum atomic E-state index is 13.7. The molecule has 12 heteroatoms. The van der Waals surface area contributed by atoms with Crippen LogP contribution in [0.4, 0.5) is 4.39 Å². The molecule has 0 radical (unpaired) electrons. The number of hydrogen-bond acceptors (Lipinski definition) is 7. The Bertz CT molecular complexity index is 1850. The number of carbonyl (C=O) groups excluding carboxylic acids is 1. The molecule has 3 heterocycles. The van der Waals surface area contributed by atoms with Crippen molar-refractivity contribution in [3.8, 4) is 16.9 Å². The molecule has 2 aliphatic rings. The van der Waals surface area contributed by atoms with Gasteiger partial charge < -0.3 is 4.74 Å². The van der Waals surface area contributed by atoms with E-state index < -0.39 is 10.0 Å². The number of sulfonamides is 1. The molecule has 1 amide bonds. The van der Waals surface area contributed by atoms with Gasteiger partial charge in [0.05, 0.1) is 34.2 Å². The second-order valence-corrected chi connectivity index (χ2v) is 14.3. The Morgan fingerprint density at radius 3 is 2.43 bits per heavy atom. The second kappa shape index (κ2) is 12.4. The summed E-state index contributed by atoms with van der Waals surface area (Å²) >= 11 is 6.71. The van der Waals surface area contributed by atoms with Gasteiger partial charge in [-0.3, -0.25) is 9.69 Å². The van der Waals surface area contributed by atoms with Gasteiger partial charge in [0.15, 0.2) is 0 Å². The number of carbonyl (C=O) groups is 1. The minimum Gasteiger partial charge on any atom is -0.373 e. The van der Waals surface area contributed by atoms with E-state index in [1.54, 1.807) is 47.2 Å². The van der Waals surface area contributed by atoms with Gasteiger partial charge in [0.2, 0.25) is 10.0 Å². The van der Waals surface area contributed by atoms with Gasteiger partial charge in [0, 0.05) is 30.4 Å². The van der Waals surface area contributed by atoms with Crippen LogP contribution < -0.4 is 0 Å². The van der Waals surface area contributed by atoms with Crippen LogP contribution >= 0.6 is 24.0 Å². The number of nitrogens with zero attached hydrogens (tertiary/aromatic N) is 4. The first-order valence-electron chi connectivity index (χ1n) is 14.0. The summed E-state index contributed by atoms with van der Waals surface area (Å²) in [6.07, 6.45) is 3.11. The van der Waals surface area contributed by atoms with Crippen LogP contribution in [-0.2, 0) is 26.1 Å². The topological polar surface area (TPSA) is 84.7 Å². The van der Waals surface area contributed by atoms with E-state index in [9.17, 15) is 17.6 Å². The SMILES string of the molecule is CC1CN(S(=O)(=O)c2cccc(-c3nn(-c4ccccc4)cc3/C=C3\SC(=S)N(Cc4ccc(F)cc4)C3=O)c2)CC(C)O1. The third kappa shape index (κ3) is 6.26. The number of morpholine rings is 1. The zero-order chi connectivity index (χ0) is 31.0. The minimum atomic E-state index is -3.80. The summed E-state index contributed by atoms with van der Waals surface area (Å²) < 4.78 is 50.1. The molecular weight excluding hydrogens is 620 g/mol. The van der Waals surface area contributed by atoms with Crippen molar-refractivity contribution in [2.24, 2.45) is 0 Å². The van der Waals surface area contributed by atoms with Crippen LogP contribution in [0.5, 0.6) is 0 Å². The first-order chi connectivity index (χ1) is 21.1. The van der Waals surface area contributed by atoms with Crippen molar-refractivity contribution in [1.82, 2.24) is 19.0 Å². The summed E-state index contributed by atoms with van der Waals surface area (Å²) in [5.41, 5.74) is 3.28. The first kappa shape index (κ1) is 30.4. The van der Waals surface area contributed by atoms with Gasteiger partial charge >= 0.3 is 0 Å². The van der Waals surface area contributed by atoms with Crippen LogP contribution in [0, 0.1) is 5.82 Å². The van der Waals surface area contributed by atoms with E-state index >= 15 is 0 Å². The molecule has 2 atom stereocenters. The molecule has 2 unspecified atom stereocenters. The summed E-state index contributed by atoms with van der Waals surface area (Å²) in [4.78, 5) is 15.5. The fourth-order valence-electron chi connectivity index (χ4n) is 5.26. The van der Waals surface area contributed by atoms with Gasteiger partial charge in [0.1, 0.15) is 15.8 Å². The predicted molar refractivity (Wildman–Crippen MR) is 173 cm³/mol. The normalized spacial score (nSPS) is 20.5. The molecule has 6 rings (SSSR count). The number of hydrogen-bond donors (Lipinski definition) is 0. The zero-order valence-corrected chi connectivity index (χ0v) is 26.4. The average Bonchev–Trinajstić information content (AvgIpc) is 3.54. The van der Waals surface area contributed by atoms with Crippen molar-refractivity contribution in [3.63, 3.8) is 0 Å².